The van der Waals surface area contributed by atoms with Crippen LogP contribution in [0.2, 0.25) is 0 Å². The highest BCUT2D eigenvalue weighted by Gasteiger charge is 2.31. The summed E-state index contributed by atoms with van der Waals surface area (Å²) in [5.74, 6) is -1.31. The largest absolute Gasteiger partial charge is 0.478 e. The first kappa shape index (κ1) is 79.0. The number of methoxy groups -OCH3 is 2. The molecule has 0 bridgehead atoms. The Kier molecular flexibility index (Phi) is 26.0. The molecule has 0 fully saturated rings. The molecule has 2 N–H and O–H groups in total. The maximum absolute atomic E-state index is 12.8. The Labute approximate surface area is 613 Å². The number of ether oxygens (including phenoxy) is 2. The van der Waals surface area contributed by atoms with Gasteiger partial charge in [0.1, 0.15) is 0 Å². The number of carboxylic acids is 2. The molecule has 12 rings (SSSR count). The van der Waals surface area contributed by atoms with Crippen LogP contribution in [0.3, 0.4) is 0 Å². The summed E-state index contributed by atoms with van der Waals surface area (Å²) in [5, 5.41) is 66.3. The van der Waals surface area contributed by atoms with E-state index in [0.717, 1.165) is 76.1 Å². The van der Waals surface area contributed by atoms with Crippen molar-refractivity contribution in [2.24, 2.45) is 28.2 Å². The minimum absolute atomic E-state index is 0.0220. The number of hydrogen-bond donors (Lipinski definition) is 2. The van der Waals surface area contributed by atoms with Crippen molar-refractivity contribution >= 4 is 35.4 Å². The van der Waals surface area contributed by atoms with E-state index in [-0.39, 0.29) is 28.5 Å². The van der Waals surface area contributed by atoms with Crippen LogP contribution in [-0.4, -0.2) is 141 Å². The second kappa shape index (κ2) is 35.5. The van der Waals surface area contributed by atoms with Crippen LogP contribution in [0, 0.1) is 0 Å². The zero-order chi connectivity index (χ0) is 78.0. The summed E-state index contributed by atoms with van der Waals surface area (Å²) in [6.45, 7) is 3.92. The lowest BCUT2D eigenvalue weighted by molar-refractivity contribution is -0.138. The number of alkyl halides is 6. The molecule has 12 aromatic rings. The van der Waals surface area contributed by atoms with E-state index in [4.69, 9.17) is 14.6 Å². The third-order valence-electron chi connectivity index (χ3n) is 16.4. The molecule has 26 nitrogen and oxygen atoms in total. The molecule has 4 heterocycles. The number of rotatable bonds is 22. The molecule has 0 atom stereocenters. The van der Waals surface area contributed by atoms with Crippen molar-refractivity contribution in [3.05, 3.63) is 259 Å². The van der Waals surface area contributed by atoms with Crippen LogP contribution < -0.4 is 0 Å². The van der Waals surface area contributed by atoms with Gasteiger partial charge < -0.3 is 19.7 Å². The van der Waals surface area contributed by atoms with Gasteiger partial charge in [-0.3, -0.25) is 9.59 Å². The fourth-order valence-corrected chi connectivity index (χ4v) is 10.9. The normalized spacial score (nSPS) is 11.1. The number of esters is 2. The maximum Gasteiger partial charge on any atom is 0.416 e. The van der Waals surface area contributed by atoms with E-state index in [0.29, 0.717) is 106 Å². The van der Waals surface area contributed by atoms with Crippen LogP contribution in [-0.2, 0) is 75.7 Å². The van der Waals surface area contributed by atoms with Gasteiger partial charge in [0.25, 0.3) is 0 Å². The second-order valence-electron chi connectivity index (χ2n) is 24.3. The molecular weight excluding hydrogens is 1410 g/mol. The molecule has 0 saturated carbocycles. The van der Waals surface area contributed by atoms with Gasteiger partial charge in [-0.1, -0.05) is 105 Å². The molecule has 8 aromatic carbocycles. The lowest BCUT2D eigenvalue weighted by Gasteiger charge is -2.11. The van der Waals surface area contributed by atoms with Crippen LogP contribution in [0.25, 0.3) is 45.6 Å². The lowest BCUT2D eigenvalue weighted by atomic mass is 9.95. The van der Waals surface area contributed by atoms with Gasteiger partial charge in [0, 0.05) is 46.2 Å². The maximum atomic E-state index is 12.8. The minimum Gasteiger partial charge on any atom is -0.478 e. The number of carbonyl (C=O) groups is 6. The third kappa shape index (κ3) is 21.1. The Morgan fingerprint density at radius 1 is 0.352 bits per heavy atom. The highest BCUT2D eigenvalue weighted by molar-refractivity contribution is 5.98. The standard InChI is InChI=1S/C21H22N4O3.C20H19F3N4O.C18H16N4O4.C17H13F3N4O2/c1-4-5-19(26)15-8-6-14(7-9-15)12-16-10-11-17(21(27)28-3)13-18(16)20-22-24-25(2)23-20;1-3-4-18(28)15-8-7-14(17(12-15)19-24-26-27(2)25-19)11-13-5-9-16(10-6-13)20(21,22)23;1-22-20-16(19-21-22)15-10-14(18(25)26-2)8-7-13(15)9-11-3-5-12(6-4-11)17(23)24;1-24-22-15(21-23-24)14-9-12(16(25)26)5-4-11(14)8-10-2-6-13(7-3-10)17(18,19)20/h6-11,13H,4-5,12H2,1-3H3;5-10,12H,3-4,11H2,1-2H3;3-8,10H,9H2,1-2H3,(H,23,24);2-7,9H,8H2,1H3,(H,25,26). The van der Waals surface area contributed by atoms with Crippen LogP contribution in [0.1, 0.15) is 157 Å². The first-order valence-electron chi connectivity index (χ1n) is 33.2. The number of aromatic nitrogens is 16. The molecule has 0 aliphatic rings. The van der Waals surface area contributed by atoms with Crippen molar-refractivity contribution in [1.82, 2.24) is 80.8 Å². The first-order valence-corrected chi connectivity index (χ1v) is 33.2. The summed E-state index contributed by atoms with van der Waals surface area (Å²) in [4.78, 5) is 75.5. The minimum atomic E-state index is -4.39. The van der Waals surface area contributed by atoms with Gasteiger partial charge in [-0.15, -0.1) is 40.8 Å². The van der Waals surface area contributed by atoms with Gasteiger partial charge in [0.15, 0.2) is 11.6 Å². The number of tetrazole rings is 4. The van der Waals surface area contributed by atoms with Crippen LogP contribution in [0.4, 0.5) is 26.3 Å². The van der Waals surface area contributed by atoms with Gasteiger partial charge in [0.05, 0.1) is 75.8 Å². The number of aryl methyl sites for hydroxylation is 4. The topological polar surface area (TPSA) is 336 Å². The smallest absolute Gasteiger partial charge is 0.416 e. The monoisotopic (exact) mass is 1480 g/mol. The summed E-state index contributed by atoms with van der Waals surface area (Å²) in [5.41, 5.74) is 10.1. The van der Waals surface area contributed by atoms with Crippen molar-refractivity contribution in [2.45, 2.75) is 77.6 Å². The van der Waals surface area contributed by atoms with Crippen molar-refractivity contribution in [1.29, 1.82) is 0 Å². The molecule has 0 radical (unpaired) electrons. The number of benzene rings is 8. The van der Waals surface area contributed by atoms with E-state index in [9.17, 15) is 60.2 Å². The Bertz CT molecular complexity index is 5170. The molecule has 0 saturated heterocycles. The summed E-state index contributed by atoms with van der Waals surface area (Å²) < 4.78 is 85.9. The van der Waals surface area contributed by atoms with Gasteiger partial charge in [0.2, 0.25) is 23.3 Å². The van der Waals surface area contributed by atoms with Crippen LogP contribution >= 0.6 is 0 Å². The quantitative estimate of drug-likeness (QED) is 0.0361. The fraction of sp³-hybridized carbons (Fsp3) is 0.237. The summed E-state index contributed by atoms with van der Waals surface area (Å²) in [6.07, 6.45) is -4.38. The number of carboxylic acid groups (broad SMARTS) is 2. The number of hydrogen-bond acceptors (Lipinski definition) is 20. The van der Waals surface area contributed by atoms with Gasteiger partial charge in [-0.05, 0) is 183 Å². The molecule has 0 aliphatic heterocycles. The molecular formula is C76H70F6N16O10. The van der Waals surface area contributed by atoms with E-state index < -0.39 is 47.4 Å². The molecule has 4 aromatic heterocycles. The first-order chi connectivity index (χ1) is 51.5. The SMILES string of the molecule is CCCC(=O)c1ccc(Cc2ccc(C(=O)OC)cc2-c2nnn(C)n2)cc1.CCCC(=O)c1ccc(Cc2ccc(C(F)(F)F)cc2)c(-c2nnn(C)n2)c1.COC(=O)c1ccc(Cc2ccc(C(=O)O)cc2)c(-c2nnn(C)n2)c1.Cn1nnc(-c2cc(C(=O)O)ccc2Cc2ccc(C(F)(F)F)cc2)n1. The van der Waals surface area contributed by atoms with E-state index in [1.165, 1.54) is 69.8 Å². The predicted molar refractivity (Wildman–Crippen MR) is 379 cm³/mol. The Morgan fingerprint density at radius 2 is 0.602 bits per heavy atom. The fourth-order valence-electron chi connectivity index (χ4n) is 10.9. The van der Waals surface area contributed by atoms with Crippen molar-refractivity contribution in [3.8, 4) is 45.6 Å². The number of Topliss-reactive ketones (excluding diaryl/α,β-unsaturated/α-hetero) is 2. The average Bonchev–Trinajstić information content (AvgIpc) is 1.46. The van der Waals surface area contributed by atoms with E-state index in [1.54, 1.807) is 101 Å². The molecule has 0 amide bonds. The zero-order valence-electron chi connectivity index (χ0n) is 59.4. The van der Waals surface area contributed by atoms with Crippen LogP contribution in [0.5, 0.6) is 0 Å². The van der Waals surface area contributed by atoms with E-state index in [1.807, 2.05) is 50.2 Å². The highest BCUT2D eigenvalue weighted by Crippen LogP contribution is 2.34. The number of nitrogens with zero attached hydrogens (tertiary/aromatic N) is 16. The molecule has 556 valence electrons. The summed E-state index contributed by atoms with van der Waals surface area (Å²) in [6, 6.07) is 44.3. The van der Waals surface area contributed by atoms with Gasteiger partial charge >= 0.3 is 36.2 Å². The Morgan fingerprint density at radius 3 is 0.870 bits per heavy atom. The average molecular weight is 1480 g/mol. The Hall–Kier alpha value is -13.2. The molecule has 0 unspecified atom stereocenters. The number of ketones is 2. The number of halogens is 6. The lowest BCUT2D eigenvalue weighted by Crippen LogP contribution is -2.05. The van der Waals surface area contributed by atoms with Crippen molar-refractivity contribution < 1.29 is 74.8 Å². The second-order valence-corrected chi connectivity index (χ2v) is 24.3. The number of aromatic carboxylic acids is 2. The van der Waals surface area contributed by atoms with Crippen LogP contribution in [0.15, 0.2) is 170 Å². The summed E-state index contributed by atoms with van der Waals surface area (Å²) >= 11 is 0. The number of carbonyl (C=O) groups excluding carboxylic acids is 4. The highest BCUT2D eigenvalue weighted by atomic mass is 19.4. The predicted octanol–water partition coefficient (Wildman–Crippen LogP) is 12.8. The van der Waals surface area contributed by atoms with E-state index >= 15 is 0 Å². The molecule has 108 heavy (non-hydrogen) atoms. The van der Waals surface area contributed by atoms with Gasteiger partial charge in [-0.2, -0.15) is 45.5 Å². The van der Waals surface area contributed by atoms with E-state index in [2.05, 4.69) is 61.6 Å². The van der Waals surface area contributed by atoms with Crippen molar-refractivity contribution in [3.63, 3.8) is 0 Å². The molecule has 0 aliphatic carbocycles. The molecule has 0 spiro atoms. The summed E-state index contributed by atoms with van der Waals surface area (Å²) in [7, 11) is 9.22. The zero-order valence-corrected chi connectivity index (χ0v) is 59.4. The third-order valence-corrected chi connectivity index (χ3v) is 16.4. The van der Waals surface area contributed by atoms with Crippen molar-refractivity contribution in [2.75, 3.05) is 14.2 Å². The van der Waals surface area contributed by atoms with Gasteiger partial charge in [-0.25, -0.2) is 19.2 Å². The Balaban J connectivity index is 0.000000166. The molecule has 32 heteroatoms.